The van der Waals surface area contributed by atoms with Crippen molar-refractivity contribution in [3.05, 3.63) is 29.3 Å². The Morgan fingerprint density at radius 3 is 2.75 bits per heavy atom. The van der Waals surface area contributed by atoms with Gasteiger partial charge in [0, 0.05) is 19.3 Å². The van der Waals surface area contributed by atoms with E-state index in [2.05, 4.69) is 25.8 Å². The molecule has 1 aromatic carbocycles. The first-order valence-electron chi connectivity index (χ1n) is 5.51. The number of carboxylic acids is 1. The Morgan fingerprint density at radius 1 is 1.44 bits per heavy atom. The van der Waals surface area contributed by atoms with Gasteiger partial charge in [0.15, 0.2) is 0 Å². The summed E-state index contributed by atoms with van der Waals surface area (Å²) < 4.78 is 0. The van der Waals surface area contributed by atoms with Crippen LogP contribution in [0.25, 0.3) is 0 Å². The van der Waals surface area contributed by atoms with Crippen LogP contribution in [0.5, 0.6) is 0 Å². The van der Waals surface area contributed by atoms with E-state index in [0.29, 0.717) is 5.56 Å². The van der Waals surface area contributed by atoms with Crippen LogP contribution in [-0.4, -0.2) is 24.7 Å². The standard InChI is InChI=1S/C13H17NO2/c1-13(2)6-7-14(3)11-5-4-9(12(15)16)8-10(11)13/h4-5,8H,6-7H2,1-3H3,(H,15,16). The first kappa shape index (κ1) is 11.0. The summed E-state index contributed by atoms with van der Waals surface area (Å²) in [6.07, 6.45) is 1.06. The molecular weight excluding hydrogens is 202 g/mol. The lowest BCUT2D eigenvalue weighted by atomic mass is 9.77. The molecular formula is C13H17NO2. The second kappa shape index (κ2) is 3.51. The molecule has 0 bridgehead atoms. The second-order valence-electron chi connectivity index (χ2n) is 5.09. The molecule has 0 aliphatic carbocycles. The molecule has 1 aromatic rings. The van der Waals surface area contributed by atoms with Crippen LogP contribution in [0.15, 0.2) is 18.2 Å². The zero-order valence-corrected chi connectivity index (χ0v) is 9.95. The first-order valence-corrected chi connectivity index (χ1v) is 5.51. The summed E-state index contributed by atoms with van der Waals surface area (Å²) in [5.41, 5.74) is 2.73. The molecule has 1 N–H and O–H groups in total. The quantitative estimate of drug-likeness (QED) is 0.789. The predicted octanol–water partition coefficient (Wildman–Crippen LogP) is 2.50. The molecule has 0 radical (unpaired) electrons. The first-order chi connectivity index (χ1) is 7.42. The number of aromatic carboxylic acids is 1. The molecule has 1 heterocycles. The van der Waals surface area contributed by atoms with E-state index in [1.165, 1.54) is 0 Å². The van der Waals surface area contributed by atoms with Crippen LogP contribution in [0.4, 0.5) is 5.69 Å². The average Bonchev–Trinajstić information content (AvgIpc) is 2.23. The van der Waals surface area contributed by atoms with Crippen molar-refractivity contribution in [2.24, 2.45) is 0 Å². The average molecular weight is 219 g/mol. The number of carbonyl (C=O) groups is 1. The highest BCUT2D eigenvalue weighted by atomic mass is 16.4. The van der Waals surface area contributed by atoms with Gasteiger partial charge in [-0.2, -0.15) is 0 Å². The van der Waals surface area contributed by atoms with Crippen molar-refractivity contribution in [3.8, 4) is 0 Å². The number of rotatable bonds is 1. The lowest BCUT2D eigenvalue weighted by molar-refractivity contribution is 0.0696. The third kappa shape index (κ3) is 1.66. The summed E-state index contributed by atoms with van der Waals surface area (Å²) in [6.45, 7) is 5.36. The number of nitrogens with zero attached hydrogens (tertiary/aromatic N) is 1. The molecule has 86 valence electrons. The molecule has 3 nitrogen and oxygen atoms in total. The van der Waals surface area contributed by atoms with E-state index < -0.39 is 5.97 Å². The molecule has 0 saturated heterocycles. The molecule has 0 unspecified atom stereocenters. The lowest BCUT2D eigenvalue weighted by Gasteiger charge is -2.38. The minimum Gasteiger partial charge on any atom is -0.478 e. The Morgan fingerprint density at radius 2 is 2.12 bits per heavy atom. The maximum Gasteiger partial charge on any atom is 0.335 e. The van der Waals surface area contributed by atoms with E-state index in [0.717, 1.165) is 24.2 Å². The van der Waals surface area contributed by atoms with E-state index in [1.807, 2.05) is 12.1 Å². The Balaban J connectivity index is 2.57. The number of fused-ring (bicyclic) bond motifs is 1. The minimum atomic E-state index is -0.855. The SMILES string of the molecule is CN1CCC(C)(C)c2cc(C(=O)O)ccc21. The van der Waals surface area contributed by atoms with E-state index in [4.69, 9.17) is 5.11 Å². The largest absolute Gasteiger partial charge is 0.478 e. The van der Waals surface area contributed by atoms with Crippen molar-refractivity contribution in [2.45, 2.75) is 25.7 Å². The molecule has 0 spiro atoms. The van der Waals surface area contributed by atoms with Crippen LogP contribution in [0.1, 0.15) is 36.2 Å². The van der Waals surface area contributed by atoms with Gasteiger partial charge in [-0.05, 0) is 35.6 Å². The lowest BCUT2D eigenvalue weighted by Crippen LogP contribution is -2.34. The summed E-state index contributed by atoms with van der Waals surface area (Å²) >= 11 is 0. The number of anilines is 1. The molecule has 0 aromatic heterocycles. The summed E-state index contributed by atoms with van der Waals surface area (Å²) in [5, 5.41) is 9.01. The highest BCUT2D eigenvalue weighted by Gasteiger charge is 2.30. The highest BCUT2D eigenvalue weighted by molar-refractivity contribution is 5.89. The van der Waals surface area contributed by atoms with Gasteiger partial charge in [0.2, 0.25) is 0 Å². The van der Waals surface area contributed by atoms with Gasteiger partial charge >= 0.3 is 5.97 Å². The highest BCUT2D eigenvalue weighted by Crippen LogP contribution is 2.39. The Labute approximate surface area is 95.7 Å². The fraction of sp³-hybridized carbons (Fsp3) is 0.462. The molecule has 3 heteroatoms. The van der Waals surface area contributed by atoms with Crippen molar-refractivity contribution in [1.29, 1.82) is 0 Å². The van der Waals surface area contributed by atoms with E-state index in [-0.39, 0.29) is 5.41 Å². The van der Waals surface area contributed by atoms with E-state index in [1.54, 1.807) is 6.07 Å². The van der Waals surface area contributed by atoms with Gasteiger partial charge in [-0.3, -0.25) is 0 Å². The number of benzene rings is 1. The smallest absolute Gasteiger partial charge is 0.335 e. The van der Waals surface area contributed by atoms with Crippen molar-refractivity contribution >= 4 is 11.7 Å². The Bertz CT molecular complexity index is 438. The second-order valence-corrected chi connectivity index (χ2v) is 5.09. The third-order valence-electron chi connectivity index (χ3n) is 3.46. The fourth-order valence-electron chi connectivity index (χ4n) is 2.25. The van der Waals surface area contributed by atoms with Crippen LogP contribution < -0.4 is 4.90 Å². The van der Waals surface area contributed by atoms with E-state index in [9.17, 15) is 4.79 Å². The van der Waals surface area contributed by atoms with Gasteiger partial charge in [-0.1, -0.05) is 13.8 Å². The molecule has 16 heavy (non-hydrogen) atoms. The topological polar surface area (TPSA) is 40.5 Å². The normalized spacial score (nSPS) is 18.1. The monoisotopic (exact) mass is 219 g/mol. The van der Waals surface area contributed by atoms with Gasteiger partial charge in [0.1, 0.15) is 0 Å². The molecule has 1 aliphatic rings. The zero-order chi connectivity index (χ0) is 11.9. The van der Waals surface area contributed by atoms with E-state index >= 15 is 0 Å². The maximum atomic E-state index is 11.0. The summed E-state index contributed by atoms with van der Waals surface area (Å²) in [4.78, 5) is 13.2. The Hall–Kier alpha value is -1.51. The van der Waals surface area contributed by atoms with Gasteiger partial charge in [-0.15, -0.1) is 0 Å². The molecule has 0 atom stereocenters. The van der Waals surface area contributed by atoms with Crippen LogP contribution in [0, 0.1) is 0 Å². The van der Waals surface area contributed by atoms with Crippen LogP contribution in [-0.2, 0) is 5.41 Å². The number of hydrogen-bond donors (Lipinski definition) is 1. The summed E-state index contributed by atoms with van der Waals surface area (Å²) in [5.74, 6) is -0.855. The van der Waals surface area contributed by atoms with Crippen LogP contribution >= 0.6 is 0 Å². The van der Waals surface area contributed by atoms with Crippen molar-refractivity contribution in [2.75, 3.05) is 18.5 Å². The van der Waals surface area contributed by atoms with Crippen molar-refractivity contribution < 1.29 is 9.90 Å². The fourth-order valence-corrected chi connectivity index (χ4v) is 2.25. The van der Waals surface area contributed by atoms with Gasteiger partial charge in [0.05, 0.1) is 5.56 Å². The Kier molecular flexibility index (Phi) is 2.41. The molecule has 0 fully saturated rings. The third-order valence-corrected chi connectivity index (χ3v) is 3.46. The molecule has 0 amide bonds. The number of carboxylic acid groups (broad SMARTS) is 1. The van der Waals surface area contributed by atoms with Gasteiger partial charge < -0.3 is 10.0 Å². The van der Waals surface area contributed by atoms with Gasteiger partial charge in [-0.25, -0.2) is 4.79 Å². The van der Waals surface area contributed by atoms with Gasteiger partial charge in [0.25, 0.3) is 0 Å². The minimum absolute atomic E-state index is 0.0628. The summed E-state index contributed by atoms with van der Waals surface area (Å²) in [7, 11) is 2.05. The van der Waals surface area contributed by atoms with Crippen molar-refractivity contribution in [1.82, 2.24) is 0 Å². The maximum absolute atomic E-state index is 11.0. The zero-order valence-electron chi connectivity index (χ0n) is 9.95. The molecule has 1 aliphatic heterocycles. The van der Waals surface area contributed by atoms with Crippen molar-refractivity contribution in [3.63, 3.8) is 0 Å². The van der Waals surface area contributed by atoms with Crippen LogP contribution in [0.3, 0.4) is 0 Å². The summed E-state index contributed by atoms with van der Waals surface area (Å²) in [6, 6.07) is 5.41. The predicted molar refractivity (Wildman–Crippen MR) is 64.3 cm³/mol. The molecule has 0 saturated carbocycles. The van der Waals surface area contributed by atoms with Crippen LogP contribution in [0.2, 0.25) is 0 Å². The number of hydrogen-bond acceptors (Lipinski definition) is 2. The molecule has 2 rings (SSSR count).